The minimum atomic E-state index is 0.676. The molecule has 3 heterocycles. The first-order valence-corrected chi connectivity index (χ1v) is 19.5. The molecule has 0 amide bonds. The standard InChI is InChI=1S/C50H31N3S/c1-2-13-35-33(11-1)34-12-3-4-14-36(34)42-28-32(22-24-37(35)42)49-41-17-5-8-18-44(41)51-50(52-49)53-45-19-9-6-15-38(45)43-27-30(23-26-46(43)53)31-21-25-40-39-16-7-10-20-47(39)54-48(40)29-31/h1-2,5-29H,3-4H2. The van der Waals surface area contributed by atoms with Crippen LogP contribution in [-0.2, 0) is 0 Å². The zero-order valence-corrected chi connectivity index (χ0v) is 30.1. The number of aromatic nitrogens is 3. The Labute approximate surface area is 314 Å². The smallest absolute Gasteiger partial charge is 0.235 e. The highest BCUT2D eigenvalue weighted by molar-refractivity contribution is 7.25. The second kappa shape index (κ2) is 11.4. The van der Waals surface area contributed by atoms with Crippen LogP contribution in [0, 0.1) is 0 Å². The predicted octanol–water partition coefficient (Wildman–Crippen LogP) is 12.1. The van der Waals surface area contributed by atoms with Gasteiger partial charge in [0.2, 0.25) is 5.95 Å². The zero-order chi connectivity index (χ0) is 35.3. The van der Waals surface area contributed by atoms with Crippen molar-refractivity contribution >= 4 is 97.9 Å². The Morgan fingerprint density at radius 2 is 1.00 bits per heavy atom. The molecule has 0 saturated heterocycles. The maximum absolute atomic E-state index is 5.47. The number of fused-ring (bicyclic) bond motifs is 13. The van der Waals surface area contributed by atoms with Crippen LogP contribution in [0.5, 0.6) is 0 Å². The molecule has 3 aromatic heterocycles. The fourth-order valence-electron chi connectivity index (χ4n) is 8.95. The topological polar surface area (TPSA) is 30.7 Å². The predicted molar refractivity (Wildman–Crippen MR) is 230 cm³/mol. The van der Waals surface area contributed by atoms with Gasteiger partial charge in [0.15, 0.2) is 0 Å². The lowest BCUT2D eigenvalue weighted by Crippen LogP contribution is -2.28. The molecule has 0 saturated carbocycles. The fraction of sp³-hybridized carbons (Fsp3) is 0.0400. The minimum absolute atomic E-state index is 0.676. The van der Waals surface area contributed by atoms with E-state index in [-0.39, 0.29) is 0 Å². The van der Waals surface area contributed by atoms with Gasteiger partial charge in [-0.15, -0.1) is 11.3 Å². The number of hydrogen-bond acceptors (Lipinski definition) is 3. The molecule has 4 heteroatoms. The molecule has 12 rings (SSSR count). The number of nitrogens with zero attached hydrogens (tertiary/aromatic N) is 3. The van der Waals surface area contributed by atoms with Crippen LogP contribution in [0.15, 0.2) is 152 Å². The Balaban J connectivity index is 1.07. The molecule has 1 aliphatic carbocycles. The SMILES string of the molecule is C1=c2c(c3cc(-c4nc(-n5c6ccccc6c6cc(-c7ccc8c(c7)sc7ccccc78)ccc65)nc5ccccc45)ccc3c3ccccc23)=CCC1. The van der Waals surface area contributed by atoms with Gasteiger partial charge in [0.05, 0.1) is 22.2 Å². The van der Waals surface area contributed by atoms with Gasteiger partial charge in [-0.2, -0.15) is 0 Å². The first kappa shape index (κ1) is 29.9. The number of benzene rings is 8. The number of thiophene rings is 1. The highest BCUT2D eigenvalue weighted by atomic mass is 32.1. The van der Waals surface area contributed by atoms with Crippen LogP contribution >= 0.6 is 11.3 Å². The van der Waals surface area contributed by atoms with Crippen molar-refractivity contribution in [3.8, 4) is 28.3 Å². The molecule has 0 atom stereocenters. The van der Waals surface area contributed by atoms with E-state index >= 15 is 0 Å². The second-order valence-corrected chi connectivity index (χ2v) is 15.5. The average molecular weight is 706 g/mol. The van der Waals surface area contributed by atoms with E-state index in [0.29, 0.717) is 5.95 Å². The van der Waals surface area contributed by atoms with Gasteiger partial charge in [-0.05, 0) is 98.4 Å². The Morgan fingerprint density at radius 1 is 0.407 bits per heavy atom. The van der Waals surface area contributed by atoms with Gasteiger partial charge in [-0.25, -0.2) is 9.97 Å². The Kier molecular flexibility index (Phi) is 6.33. The molecule has 1 aliphatic rings. The average Bonchev–Trinajstić information content (AvgIpc) is 3.78. The lowest BCUT2D eigenvalue weighted by Gasteiger charge is -2.14. The molecule has 252 valence electrons. The maximum Gasteiger partial charge on any atom is 0.235 e. The fourth-order valence-corrected chi connectivity index (χ4v) is 10.1. The summed E-state index contributed by atoms with van der Waals surface area (Å²) in [6.45, 7) is 0. The third kappa shape index (κ3) is 4.35. The van der Waals surface area contributed by atoms with E-state index in [9.17, 15) is 0 Å². The summed E-state index contributed by atoms with van der Waals surface area (Å²) < 4.78 is 4.89. The Morgan fingerprint density at radius 3 is 1.89 bits per heavy atom. The number of hydrogen-bond donors (Lipinski definition) is 0. The second-order valence-electron chi connectivity index (χ2n) is 14.4. The number of rotatable bonds is 3. The lowest BCUT2D eigenvalue weighted by atomic mass is 9.92. The molecule has 8 aromatic carbocycles. The van der Waals surface area contributed by atoms with E-state index in [1.54, 1.807) is 0 Å². The molecule has 0 spiro atoms. The van der Waals surface area contributed by atoms with E-state index < -0.39 is 0 Å². The van der Waals surface area contributed by atoms with Gasteiger partial charge in [0.1, 0.15) is 0 Å². The van der Waals surface area contributed by atoms with Crippen molar-refractivity contribution in [1.29, 1.82) is 0 Å². The van der Waals surface area contributed by atoms with E-state index in [1.807, 2.05) is 11.3 Å². The third-order valence-corrected chi connectivity index (χ3v) is 12.6. The molecule has 11 aromatic rings. The normalized spacial score (nSPS) is 13.0. The summed E-state index contributed by atoms with van der Waals surface area (Å²) in [5, 5.41) is 13.9. The largest absolute Gasteiger partial charge is 0.278 e. The lowest BCUT2D eigenvalue weighted by molar-refractivity contribution is 1.01. The first-order valence-electron chi connectivity index (χ1n) is 18.6. The van der Waals surface area contributed by atoms with Crippen LogP contribution in [0.4, 0.5) is 0 Å². The molecule has 3 nitrogen and oxygen atoms in total. The highest BCUT2D eigenvalue weighted by Crippen LogP contribution is 2.39. The van der Waals surface area contributed by atoms with Crippen molar-refractivity contribution in [2.24, 2.45) is 0 Å². The molecular weight excluding hydrogens is 675 g/mol. The quantitative estimate of drug-likeness (QED) is 0.171. The maximum atomic E-state index is 5.47. The molecule has 0 radical (unpaired) electrons. The summed E-state index contributed by atoms with van der Waals surface area (Å²) >= 11 is 1.86. The summed E-state index contributed by atoms with van der Waals surface area (Å²) in [6, 6.07) is 55.2. The van der Waals surface area contributed by atoms with Gasteiger partial charge >= 0.3 is 0 Å². The molecule has 54 heavy (non-hydrogen) atoms. The molecule has 0 aliphatic heterocycles. The third-order valence-electron chi connectivity index (χ3n) is 11.4. The molecular formula is C50H31N3S. The molecule has 0 N–H and O–H groups in total. The summed E-state index contributed by atoms with van der Waals surface area (Å²) in [7, 11) is 0. The molecule has 0 unspecified atom stereocenters. The molecule has 0 fully saturated rings. The molecule has 0 bridgehead atoms. The first-order chi connectivity index (χ1) is 26.8. The Hall–Kier alpha value is -6.62. The number of para-hydroxylation sites is 2. The van der Waals surface area contributed by atoms with Crippen LogP contribution in [0.25, 0.3) is 115 Å². The van der Waals surface area contributed by atoms with E-state index in [1.165, 1.54) is 74.1 Å². The summed E-state index contributed by atoms with van der Waals surface area (Å²) in [6.07, 6.45) is 6.96. The van der Waals surface area contributed by atoms with Crippen molar-refractivity contribution in [3.63, 3.8) is 0 Å². The van der Waals surface area contributed by atoms with Gasteiger partial charge < -0.3 is 0 Å². The van der Waals surface area contributed by atoms with Gasteiger partial charge in [-0.1, -0.05) is 121 Å². The Bertz CT molecular complexity index is 3510. The van der Waals surface area contributed by atoms with Crippen molar-refractivity contribution in [2.45, 2.75) is 12.8 Å². The van der Waals surface area contributed by atoms with E-state index in [0.717, 1.165) is 46.0 Å². The zero-order valence-electron chi connectivity index (χ0n) is 29.3. The van der Waals surface area contributed by atoms with Crippen LogP contribution in [-0.4, -0.2) is 14.5 Å². The van der Waals surface area contributed by atoms with Crippen molar-refractivity contribution < 1.29 is 0 Å². The minimum Gasteiger partial charge on any atom is -0.278 e. The summed E-state index contributed by atoms with van der Waals surface area (Å²) in [5.74, 6) is 0.676. The van der Waals surface area contributed by atoms with Crippen LogP contribution in [0.1, 0.15) is 12.8 Å². The van der Waals surface area contributed by atoms with Crippen LogP contribution in [0.2, 0.25) is 0 Å². The van der Waals surface area contributed by atoms with Crippen LogP contribution < -0.4 is 10.4 Å². The van der Waals surface area contributed by atoms with Gasteiger partial charge in [-0.3, -0.25) is 4.57 Å². The van der Waals surface area contributed by atoms with Crippen LogP contribution in [0.3, 0.4) is 0 Å². The van der Waals surface area contributed by atoms with Crippen molar-refractivity contribution in [3.05, 3.63) is 162 Å². The van der Waals surface area contributed by atoms with Gasteiger partial charge in [0, 0.05) is 41.9 Å². The van der Waals surface area contributed by atoms with E-state index in [2.05, 4.69) is 168 Å². The highest BCUT2D eigenvalue weighted by Gasteiger charge is 2.19. The summed E-state index contributed by atoms with van der Waals surface area (Å²) in [4.78, 5) is 10.7. The van der Waals surface area contributed by atoms with E-state index in [4.69, 9.17) is 9.97 Å². The monoisotopic (exact) mass is 705 g/mol. The van der Waals surface area contributed by atoms with Gasteiger partial charge in [0.25, 0.3) is 0 Å². The van der Waals surface area contributed by atoms with Crippen molar-refractivity contribution in [1.82, 2.24) is 14.5 Å². The summed E-state index contributed by atoms with van der Waals surface area (Å²) in [5.41, 5.74) is 7.57. The van der Waals surface area contributed by atoms with Crippen molar-refractivity contribution in [2.75, 3.05) is 0 Å².